The number of amides is 1. The van der Waals surface area contributed by atoms with Crippen LogP contribution in [-0.2, 0) is 4.79 Å². The van der Waals surface area contributed by atoms with E-state index in [1.54, 1.807) is 0 Å². The van der Waals surface area contributed by atoms with Gasteiger partial charge in [-0.3, -0.25) is 4.79 Å². The van der Waals surface area contributed by atoms with Crippen LogP contribution in [0.2, 0.25) is 0 Å². The summed E-state index contributed by atoms with van der Waals surface area (Å²) in [7, 11) is 0. The highest BCUT2D eigenvalue weighted by Gasteiger charge is 2.26. The van der Waals surface area contributed by atoms with Gasteiger partial charge in [0.05, 0.1) is 0 Å². The molecule has 1 heterocycles. The summed E-state index contributed by atoms with van der Waals surface area (Å²) in [6, 6.07) is 7.45. The molecule has 1 amide bonds. The lowest BCUT2D eigenvalue weighted by molar-refractivity contribution is -0.123. The molecule has 2 aromatic rings. The van der Waals surface area contributed by atoms with E-state index >= 15 is 0 Å². The molecule has 0 aliphatic heterocycles. The fraction of sp³-hybridized carbons (Fsp3) is 0.500. The molecule has 24 heavy (non-hydrogen) atoms. The lowest BCUT2D eigenvalue weighted by Gasteiger charge is -2.21. The molecule has 0 bridgehead atoms. The molecule has 1 aromatic carbocycles. The monoisotopic (exact) mass is 393 g/mol. The van der Waals surface area contributed by atoms with Gasteiger partial charge in [-0.2, -0.15) is 4.98 Å². The van der Waals surface area contributed by atoms with Crippen LogP contribution in [0.1, 0.15) is 52.5 Å². The second kappa shape index (κ2) is 8.42. The number of carbonyl (C=O) groups excluding carboxylic acids is 1. The van der Waals surface area contributed by atoms with Gasteiger partial charge >= 0.3 is 0 Å². The zero-order chi connectivity index (χ0) is 17.7. The van der Waals surface area contributed by atoms with Crippen molar-refractivity contribution in [3.63, 3.8) is 0 Å². The third kappa shape index (κ3) is 4.90. The first-order chi connectivity index (χ1) is 11.4. The van der Waals surface area contributed by atoms with Gasteiger partial charge in [0.2, 0.25) is 17.6 Å². The Labute approximate surface area is 151 Å². The van der Waals surface area contributed by atoms with E-state index in [0.717, 1.165) is 16.5 Å². The molecule has 2 rings (SSSR count). The topological polar surface area (TPSA) is 68.0 Å². The van der Waals surface area contributed by atoms with Crippen molar-refractivity contribution < 1.29 is 9.32 Å². The molecule has 1 N–H and O–H groups in total. The van der Waals surface area contributed by atoms with Crippen molar-refractivity contribution in [2.45, 2.75) is 46.6 Å². The van der Waals surface area contributed by atoms with Crippen LogP contribution in [0, 0.1) is 11.8 Å². The van der Waals surface area contributed by atoms with E-state index in [4.69, 9.17) is 4.52 Å². The van der Waals surface area contributed by atoms with Crippen LogP contribution in [0.15, 0.2) is 33.3 Å². The molecule has 1 aromatic heterocycles. The zero-order valence-corrected chi connectivity index (χ0v) is 16.1. The number of aromatic nitrogens is 2. The number of hydrogen-bond acceptors (Lipinski definition) is 4. The molecular formula is C18H24BrN3O2. The molecule has 0 fully saturated rings. The maximum Gasteiger partial charge on any atom is 0.249 e. The maximum atomic E-state index is 12.2. The maximum absolute atomic E-state index is 12.2. The standard InChI is InChI=1S/C18H24BrN3O2/c1-5-12(4)16(20-15(23)10-11(2)3)18-21-17(22-24-18)13-6-8-14(19)9-7-13/h6-9,11-12,16H,5,10H2,1-4H3,(H,20,23)/t12-,16+/m0/s1. The average molecular weight is 394 g/mol. The Kier molecular flexibility index (Phi) is 6.54. The molecule has 0 saturated heterocycles. The zero-order valence-electron chi connectivity index (χ0n) is 14.5. The Balaban J connectivity index is 2.21. The molecule has 6 heteroatoms. The molecule has 2 atom stereocenters. The van der Waals surface area contributed by atoms with E-state index in [-0.39, 0.29) is 17.9 Å². The fourth-order valence-corrected chi connectivity index (χ4v) is 2.63. The van der Waals surface area contributed by atoms with Crippen LogP contribution < -0.4 is 5.32 Å². The fourth-order valence-electron chi connectivity index (χ4n) is 2.36. The van der Waals surface area contributed by atoms with Crippen LogP contribution >= 0.6 is 15.9 Å². The van der Waals surface area contributed by atoms with Crippen LogP contribution in [0.4, 0.5) is 0 Å². The van der Waals surface area contributed by atoms with Crippen molar-refractivity contribution in [1.82, 2.24) is 15.5 Å². The summed E-state index contributed by atoms with van der Waals surface area (Å²) >= 11 is 3.41. The lowest BCUT2D eigenvalue weighted by atomic mass is 9.98. The second-order valence-electron chi connectivity index (χ2n) is 6.49. The van der Waals surface area contributed by atoms with Gasteiger partial charge in [-0.25, -0.2) is 0 Å². The SMILES string of the molecule is CC[C@H](C)[C@@H](NC(=O)CC(C)C)c1nc(-c2ccc(Br)cc2)no1. The van der Waals surface area contributed by atoms with Crippen LogP contribution in [-0.4, -0.2) is 16.0 Å². The summed E-state index contributed by atoms with van der Waals surface area (Å²) < 4.78 is 6.45. The average Bonchev–Trinajstić information content (AvgIpc) is 3.01. The first-order valence-corrected chi connectivity index (χ1v) is 9.08. The quantitative estimate of drug-likeness (QED) is 0.736. The smallest absolute Gasteiger partial charge is 0.249 e. The summed E-state index contributed by atoms with van der Waals surface area (Å²) in [5, 5.41) is 7.12. The third-order valence-corrected chi connectivity index (χ3v) is 4.46. The normalized spacial score (nSPS) is 13.8. The van der Waals surface area contributed by atoms with Gasteiger partial charge in [-0.15, -0.1) is 0 Å². The van der Waals surface area contributed by atoms with E-state index in [1.165, 1.54) is 0 Å². The number of nitrogens with one attached hydrogen (secondary N) is 1. The molecule has 0 aliphatic carbocycles. The Hall–Kier alpha value is -1.69. The predicted octanol–water partition coefficient (Wildman–Crippen LogP) is 4.75. The van der Waals surface area contributed by atoms with E-state index in [2.05, 4.69) is 45.2 Å². The summed E-state index contributed by atoms with van der Waals surface area (Å²) in [4.78, 5) is 16.7. The number of halogens is 1. The number of benzene rings is 1. The first-order valence-electron chi connectivity index (χ1n) is 8.29. The minimum atomic E-state index is -0.266. The highest BCUT2D eigenvalue weighted by atomic mass is 79.9. The van der Waals surface area contributed by atoms with Crippen molar-refractivity contribution in [3.05, 3.63) is 34.6 Å². The molecule has 0 saturated carbocycles. The number of hydrogen-bond donors (Lipinski definition) is 1. The van der Waals surface area contributed by atoms with Crippen molar-refractivity contribution in [2.75, 3.05) is 0 Å². The second-order valence-corrected chi connectivity index (χ2v) is 7.41. The van der Waals surface area contributed by atoms with Gasteiger partial charge in [0.1, 0.15) is 6.04 Å². The van der Waals surface area contributed by atoms with Gasteiger partial charge in [0.25, 0.3) is 0 Å². The predicted molar refractivity (Wildman–Crippen MR) is 97.2 cm³/mol. The van der Waals surface area contributed by atoms with Crippen LogP contribution in [0.3, 0.4) is 0 Å². The van der Waals surface area contributed by atoms with Crippen molar-refractivity contribution in [2.24, 2.45) is 11.8 Å². The molecule has 0 radical (unpaired) electrons. The first kappa shape index (κ1) is 18.6. The highest BCUT2D eigenvalue weighted by Crippen LogP contribution is 2.26. The third-order valence-electron chi connectivity index (χ3n) is 3.93. The number of carbonyl (C=O) groups is 1. The summed E-state index contributed by atoms with van der Waals surface area (Å²) in [6.07, 6.45) is 1.39. The summed E-state index contributed by atoms with van der Waals surface area (Å²) in [5.41, 5.74) is 0.879. The van der Waals surface area contributed by atoms with Gasteiger partial charge in [-0.05, 0) is 36.1 Å². The molecule has 0 spiro atoms. The van der Waals surface area contributed by atoms with Gasteiger partial charge in [-0.1, -0.05) is 55.2 Å². The molecule has 5 nitrogen and oxygen atoms in total. The molecule has 0 aliphatic rings. The van der Waals surface area contributed by atoms with Gasteiger partial charge < -0.3 is 9.84 Å². The minimum absolute atomic E-state index is 0.0127. The Morgan fingerprint density at radius 1 is 1.25 bits per heavy atom. The largest absolute Gasteiger partial charge is 0.344 e. The van der Waals surface area contributed by atoms with E-state index in [0.29, 0.717) is 24.1 Å². The van der Waals surface area contributed by atoms with E-state index < -0.39 is 0 Å². The number of nitrogens with zero attached hydrogens (tertiary/aromatic N) is 2. The Morgan fingerprint density at radius 3 is 2.50 bits per heavy atom. The summed E-state index contributed by atoms with van der Waals surface area (Å²) in [6.45, 7) is 8.20. The highest BCUT2D eigenvalue weighted by molar-refractivity contribution is 9.10. The van der Waals surface area contributed by atoms with E-state index in [1.807, 2.05) is 38.1 Å². The van der Waals surface area contributed by atoms with Crippen LogP contribution in [0.25, 0.3) is 11.4 Å². The summed E-state index contributed by atoms with van der Waals surface area (Å²) in [5.74, 6) is 1.52. The van der Waals surface area contributed by atoms with Crippen molar-refractivity contribution in [3.8, 4) is 11.4 Å². The lowest BCUT2D eigenvalue weighted by Crippen LogP contribution is -2.33. The van der Waals surface area contributed by atoms with Crippen LogP contribution in [0.5, 0.6) is 0 Å². The Bertz CT molecular complexity index is 667. The van der Waals surface area contributed by atoms with Crippen molar-refractivity contribution >= 4 is 21.8 Å². The van der Waals surface area contributed by atoms with Gasteiger partial charge in [0.15, 0.2) is 0 Å². The minimum Gasteiger partial charge on any atom is -0.344 e. The molecular weight excluding hydrogens is 370 g/mol. The van der Waals surface area contributed by atoms with Gasteiger partial charge in [0, 0.05) is 16.5 Å². The Morgan fingerprint density at radius 2 is 1.92 bits per heavy atom. The molecule has 0 unspecified atom stereocenters. The number of rotatable bonds is 7. The molecule has 130 valence electrons. The van der Waals surface area contributed by atoms with Crippen molar-refractivity contribution in [1.29, 1.82) is 0 Å². The van der Waals surface area contributed by atoms with E-state index in [9.17, 15) is 4.79 Å².